The van der Waals surface area contributed by atoms with Crippen LogP contribution in [0.2, 0.25) is 0 Å². The summed E-state index contributed by atoms with van der Waals surface area (Å²) in [5.74, 6) is -0.226. The molecule has 0 saturated heterocycles. The number of hydrogen-bond acceptors (Lipinski definition) is 5. The molecule has 8 heteroatoms. The predicted octanol–water partition coefficient (Wildman–Crippen LogP) is 0.766. The Morgan fingerprint density at radius 2 is 2.00 bits per heavy atom. The molecule has 6 nitrogen and oxygen atoms in total. The number of nitrogens with one attached hydrogen (secondary N) is 1. The summed E-state index contributed by atoms with van der Waals surface area (Å²) in [5, 5.41) is 2.85. The summed E-state index contributed by atoms with van der Waals surface area (Å²) in [6.45, 7) is 1.65. The predicted molar refractivity (Wildman–Crippen MR) is 95.6 cm³/mol. The number of amides is 1. The van der Waals surface area contributed by atoms with Crippen LogP contribution < -0.4 is 21.1 Å². The van der Waals surface area contributed by atoms with Crippen molar-refractivity contribution in [1.82, 2.24) is 10.3 Å². The first-order valence-corrected chi connectivity index (χ1v) is 8.31. The number of nitrogens with zero attached hydrogens (tertiary/aromatic N) is 2. The van der Waals surface area contributed by atoms with E-state index in [9.17, 15) is 14.4 Å². The molecule has 0 spiro atoms. The quantitative estimate of drug-likeness (QED) is 0.357. The second kappa shape index (κ2) is 9.30. The molecule has 0 unspecified atom stereocenters. The van der Waals surface area contributed by atoms with Crippen LogP contribution in [-0.2, 0) is 53.6 Å². The van der Waals surface area contributed by atoms with Crippen molar-refractivity contribution in [2.45, 2.75) is 19.5 Å². The third-order valence-electron chi connectivity index (χ3n) is 4.56. The van der Waals surface area contributed by atoms with Gasteiger partial charge in [-0.2, -0.15) is 0 Å². The summed E-state index contributed by atoms with van der Waals surface area (Å²) >= 11 is 0. The van der Waals surface area contributed by atoms with Crippen LogP contribution in [0, 0.1) is 12.3 Å². The van der Waals surface area contributed by atoms with Crippen LogP contribution in [0.4, 0.5) is 5.69 Å². The maximum Gasteiger partial charge on any atom is 0.166 e. The van der Waals surface area contributed by atoms with Gasteiger partial charge in [0.25, 0.3) is 0 Å². The van der Waals surface area contributed by atoms with Crippen LogP contribution in [0.1, 0.15) is 27.0 Å². The van der Waals surface area contributed by atoms with E-state index in [0.29, 0.717) is 30.9 Å². The largest absolute Gasteiger partial charge is 0.387 e. The van der Waals surface area contributed by atoms with Gasteiger partial charge < -0.3 is 29.6 Å². The molecule has 3 aromatic rings. The molecule has 0 saturated carbocycles. The Kier molecular flexibility index (Phi) is 7.33. The summed E-state index contributed by atoms with van der Waals surface area (Å²) in [7, 11) is 0. The molecule has 2 heterocycles. The molecule has 1 N–H and O–H groups in total. The summed E-state index contributed by atoms with van der Waals surface area (Å²) in [4.78, 5) is 40.5. The summed E-state index contributed by atoms with van der Waals surface area (Å²) in [6, 6.07) is 12.0. The van der Waals surface area contributed by atoms with E-state index >= 15 is 0 Å². The fourth-order valence-corrected chi connectivity index (χ4v) is 3.13. The third-order valence-corrected chi connectivity index (χ3v) is 4.56. The minimum Gasteiger partial charge on any atom is -0.387 e. The van der Waals surface area contributed by atoms with Gasteiger partial charge in [0.1, 0.15) is 10.9 Å². The standard InChI is InChI=1S/C20H15N3O3.2Mn/c24-18-9-17(19(18)25)23-7-5-14-4-3-13(8-16(14)12-23)10-22-20(26)15-2-1-6-21-11-15;;/h1-4,6,8H,5,7,10,12H2,(H,22,26);;/q-2;;. The third kappa shape index (κ3) is 4.42. The number of hydrogen-bond donors (Lipinski definition) is 1. The maximum atomic E-state index is 12.1. The Morgan fingerprint density at radius 3 is 2.68 bits per heavy atom. The molecule has 1 aliphatic heterocycles. The molecule has 28 heavy (non-hydrogen) atoms. The smallest absolute Gasteiger partial charge is 0.166 e. The average molecular weight is 455 g/mol. The molecule has 0 bridgehead atoms. The average Bonchev–Trinajstić information content (AvgIpc) is 2.69. The van der Waals surface area contributed by atoms with Crippen LogP contribution in [0.25, 0.3) is 0 Å². The fraction of sp³-hybridized carbons (Fsp3) is 0.200. The van der Waals surface area contributed by atoms with Gasteiger partial charge in [-0.1, -0.05) is 30.0 Å². The molecule has 144 valence electrons. The van der Waals surface area contributed by atoms with Crippen molar-refractivity contribution in [3.8, 4) is 0 Å². The first-order valence-electron chi connectivity index (χ1n) is 8.31. The molecule has 4 rings (SSSR count). The van der Waals surface area contributed by atoms with Gasteiger partial charge in [0.15, 0.2) is 5.91 Å². The second-order valence-electron chi connectivity index (χ2n) is 6.25. The molecule has 1 aliphatic rings. The first-order chi connectivity index (χ1) is 12.6. The Morgan fingerprint density at radius 1 is 1.18 bits per heavy atom. The zero-order chi connectivity index (χ0) is 18.1. The molecule has 0 atom stereocenters. The van der Waals surface area contributed by atoms with Gasteiger partial charge in [0.2, 0.25) is 0 Å². The van der Waals surface area contributed by atoms with Crippen LogP contribution in [-0.4, -0.2) is 17.4 Å². The number of carbonyl (C=O) groups is 1. The van der Waals surface area contributed by atoms with E-state index in [1.54, 1.807) is 18.3 Å². The minimum atomic E-state index is -0.547. The SMILES string of the molecule is O=C(NCc1ccc2c(c1)CN(c1[c-]c(=O)c1=O)CC2)c1[c-]nccc1.[Mn].[Mn]. The molecule has 2 aromatic carbocycles. The number of fused-ring (bicyclic) bond motifs is 1. The topological polar surface area (TPSA) is 79.4 Å². The summed E-state index contributed by atoms with van der Waals surface area (Å²) < 4.78 is 0. The maximum absolute atomic E-state index is 12.1. The van der Waals surface area contributed by atoms with Crippen molar-refractivity contribution in [3.63, 3.8) is 0 Å². The Labute approximate surface area is 183 Å². The number of rotatable bonds is 4. The van der Waals surface area contributed by atoms with Crippen LogP contribution in [0.15, 0.2) is 46.1 Å². The van der Waals surface area contributed by atoms with E-state index in [1.807, 2.05) is 17.0 Å². The van der Waals surface area contributed by atoms with Crippen LogP contribution in [0.3, 0.4) is 0 Å². The minimum absolute atomic E-state index is 0. The molecule has 1 aromatic heterocycles. The van der Waals surface area contributed by atoms with Crippen molar-refractivity contribution < 1.29 is 38.9 Å². The zero-order valence-electron chi connectivity index (χ0n) is 14.7. The Balaban J connectivity index is 0.00000140. The monoisotopic (exact) mass is 455 g/mol. The van der Waals surface area contributed by atoms with Crippen LogP contribution in [0.5, 0.6) is 0 Å². The van der Waals surface area contributed by atoms with Gasteiger partial charge >= 0.3 is 0 Å². The van der Waals surface area contributed by atoms with Crippen LogP contribution >= 0.6 is 0 Å². The van der Waals surface area contributed by atoms with E-state index in [2.05, 4.69) is 28.6 Å². The van der Waals surface area contributed by atoms with Gasteiger partial charge in [0.05, 0.1) is 0 Å². The molecule has 0 fully saturated rings. The second-order valence-corrected chi connectivity index (χ2v) is 6.25. The Bertz CT molecular complexity index is 1050. The molecule has 0 aliphatic carbocycles. The summed E-state index contributed by atoms with van der Waals surface area (Å²) in [5.41, 5.74) is 3.06. The van der Waals surface area contributed by atoms with Crippen molar-refractivity contribution >= 4 is 11.6 Å². The van der Waals surface area contributed by atoms with Gasteiger partial charge in [0, 0.05) is 53.8 Å². The van der Waals surface area contributed by atoms with Crippen molar-refractivity contribution in [2.24, 2.45) is 0 Å². The van der Waals surface area contributed by atoms with E-state index < -0.39 is 10.9 Å². The fourth-order valence-electron chi connectivity index (χ4n) is 3.13. The van der Waals surface area contributed by atoms with Gasteiger partial charge in [-0.05, 0) is 35.0 Å². The molecular weight excluding hydrogens is 440 g/mol. The van der Waals surface area contributed by atoms with E-state index in [0.717, 1.165) is 17.5 Å². The Hall–Kier alpha value is -2.24. The number of pyridine rings is 1. The van der Waals surface area contributed by atoms with E-state index in [1.165, 1.54) is 5.56 Å². The first kappa shape index (κ1) is 22.1. The zero-order valence-corrected chi connectivity index (χ0v) is 17.0. The van der Waals surface area contributed by atoms with E-state index in [-0.39, 0.29) is 40.0 Å². The summed E-state index contributed by atoms with van der Waals surface area (Å²) in [6.07, 6.45) is 5.03. The molecule has 1 amide bonds. The van der Waals surface area contributed by atoms with Gasteiger partial charge in [-0.15, -0.1) is 18.2 Å². The molecule has 2 radical (unpaired) electrons. The van der Waals surface area contributed by atoms with Crippen molar-refractivity contribution in [3.05, 3.63) is 91.5 Å². The van der Waals surface area contributed by atoms with Crippen molar-refractivity contribution in [1.29, 1.82) is 0 Å². The number of anilines is 1. The normalized spacial score (nSPS) is 12.5. The van der Waals surface area contributed by atoms with E-state index in [4.69, 9.17) is 0 Å². The van der Waals surface area contributed by atoms with Gasteiger partial charge in [-0.3, -0.25) is 0 Å². The van der Waals surface area contributed by atoms with Crippen molar-refractivity contribution in [2.75, 3.05) is 11.4 Å². The number of aromatic nitrogens is 1. The molecular formula is C20H15Mn2N3O3-2. The van der Waals surface area contributed by atoms with Gasteiger partial charge in [-0.25, -0.2) is 0 Å². The number of carbonyl (C=O) groups excluding carboxylic acids is 1. The number of benzene rings is 1.